The first-order valence-electron chi connectivity index (χ1n) is 8.78. The van der Waals surface area contributed by atoms with E-state index in [4.69, 9.17) is 4.74 Å². The second-order valence-corrected chi connectivity index (χ2v) is 6.88. The van der Waals surface area contributed by atoms with E-state index in [-0.39, 0.29) is 5.97 Å². The van der Waals surface area contributed by atoms with Gasteiger partial charge in [0.15, 0.2) is 0 Å². The number of hydrogen-bond acceptors (Lipinski definition) is 5. The lowest BCUT2D eigenvalue weighted by Gasteiger charge is -2.07. The molecule has 0 unspecified atom stereocenters. The molecule has 2 aromatic carbocycles. The Balaban J connectivity index is 1.56. The van der Waals surface area contributed by atoms with Crippen LogP contribution < -0.4 is 5.32 Å². The van der Waals surface area contributed by atoms with Gasteiger partial charge in [0.05, 0.1) is 16.8 Å². The highest BCUT2D eigenvalue weighted by Gasteiger charge is 2.01. The number of rotatable bonds is 8. The number of nitrogens with one attached hydrogen (secondary N) is 1. The Kier molecular flexibility index (Phi) is 6.39. The lowest BCUT2D eigenvalue weighted by molar-refractivity contribution is -0.143. The van der Waals surface area contributed by atoms with Crippen LogP contribution >= 0.6 is 11.3 Å². The third-order valence-corrected chi connectivity index (χ3v) is 4.81. The number of ether oxygens (including phenoxy) is 1. The number of thiazole rings is 1. The summed E-state index contributed by atoms with van der Waals surface area (Å²) in [6.07, 6.45) is 5.31. The topological polar surface area (TPSA) is 51.2 Å². The Morgan fingerprint density at radius 1 is 1.19 bits per heavy atom. The molecule has 26 heavy (non-hydrogen) atoms. The van der Waals surface area contributed by atoms with Crippen LogP contribution in [0.1, 0.15) is 30.3 Å². The number of benzene rings is 2. The summed E-state index contributed by atoms with van der Waals surface area (Å²) in [6, 6.07) is 16.4. The zero-order valence-corrected chi connectivity index (χ0v) is 15.6. The molecular weight excluding hydrogens is 344 g/mol. The van der Waals surface area contributed by atoms with Gasteiger partial charge in [-0.25, -0.2) is 4.98 Å². The van der Waals surface area contributed by atoms with E-state index in [0.717, 1.165) is 34.7 Å². The molecule has 0 aliphatic rings. The van der Waals surface area contributed by atoms with Crippen LogP contribution in [0.15, 0.2) is 48.5 Å². The highest BCUT2D eigenvalue weighted by molar-refractivity contribution is 7.19. The number of carbonyl (C=O) groups excluding carboxylic acids is 1. The molecule has 0 amide bonds. The molecule has 0 aliphatic carbocycles. The van der Waals surface area contributed by atoms with Crippen molar-refractivity contribution in [2.45, 2.75) is 19.8 Å². The average Bonchev–Trinajstić information content (AvgIpc) is 3.07. The van der Waals surface area contributed by atoms with Crippen LogP contribution in [0, 0.1) is 0 Å². The Morgan fingerprint density at radius 3 is 2.92 bits per heavy atom. The molecule has 0 aliphatic heterocycles. The summed E-state index contributed by atoms with van der Waals surface area (Å²) in [5.74, 6) is -0.137. The summed E-state index contributed by atoms with van der Waals surface area (Å²) < 4.78 is 6.13. The van der Waals surface area contributed by atoms with E-state index in [0.29, 0.717) is 13.0 Å². The van der Waals surface area contributed by atoms with Gasteiger partial charge < -0.3 is 10.1 Å². The monoisotopic (exact) mass is 366 g/mol. The van der Waals surface area contributed by atoms with E-state index in [1.165, 1.54) is 4.70 Å². The van der Waals surface area contributed by atoms with E-state index in [9.17, 15) is 4.79 Å². The first-order chi connectivity index (χ1) is 12.7. The lowest BCUT2D eigenvalue weighted by Crippen LogP contribution is -2.08. The maximum Gasteiger partial charge on any atom is 0.305 e. The normalized spacial score (nSPS) is 11.1. The van der Waals surface area contributed by atoms with Gasteiger partial charge in [-0.2, -0.15) is 0 Å². The molecule has 4 nitrogen and oxygen atoms in total. The van der Waals surface area contributed by atoms with Crippen molar-refractivity contribution in [3.8, 4) is 0 Å². The third kappa shape index (κ3) is 5.17. The van der Waals surface area contributed by atoms with Gasteiger partial charge in [0.2, 0.25) is 0 Å². The number of nitrogens with zero attached hydrogens (tertiary/aromatic N) is 1. The van der Waals surface area contributed by atoms with Crippen LogP contribution in [-0.4, -0.2) is 24.1 Å². The van der Waals surface area contributed by atoms with E-state index >= 15 is 0 Å². The average molecular weight is 366 g/mol. The third-order valence-electron chi connectivity index (χ3n) is 3.81. The van der Waals surface area contributed by atoms with Gasteiger partial charge in [0.1, 0.15) is 5.01 Å². The molecule has 0 fully saturated rings. The zero-order valence-electron chi connectivity index (χ0n) is 14.8. The molecule has 1 heterocycles. The second-order valence-electron chi connectivity index (χ2n) is 5.81. The smallest absolute Gasteiger partial charge is 0.305 e. The molecule has 0 radical (unpaired) electrons. The van der Waals surface area contributed by atoms with Gasteiger partial charge in [0.25, 0.3) is 0 Å². The second kappa shape index (κ2) is 9.15. The van der Waals surface area contributed by atoms with Crippen LogP contribution in [-0.2, 0) is 9.53 Å². The summed E-state index contributed by atoms with van der Waals surface area (Å²) in [7, 11) is 0. The fourth-order valence-corrected chi connectivity index (χ4v) is 3.45. The molecule has 5 heteroatoms. The van der Waals surface area contributed by atoms with Crippen molar-refractivity contribution >= 4 is 45.4 Å². The van der Waals surface area contributed by atoms with Crippen LogP contribution in [0.2, 0.25) is 0 Å². The fourth-order valence-electron chi connectivity index (χ4n) is 2.58. The van der Waals surface area contributed by atoms with Gasteiger partial charge >= 0.3 is 5.97 Å². The fraction of sp³-hybridized carbons (Fsp3) is 0.238. The molecule has 1 aromatic heterocycles. The minimum absolute atomic E-state index is 0.137. The Labute approximate surface area is 157 Å². The van der Waals surface area contributed by atoms with E-state index in [1.54, 1.807) is 11.3 Å². The van der Waals surface area contributed by atoms with Crippen LogP contribution in [0.3, 0.4) is 0 Å². The van der Waals surface area contributed by atoms with E-state index in [2.05, 4.69) is 34.6 Å². The summed E-state index contributed by atoms with van der Waals surface area (Å²) in [5.41, 5.74) is 3.19. The highest BCUT2D eigenvalue weighted by Crippen LogP contribution is 2.23. The number of anilines is 1. The van der Waals surface area contributed by atoms with Gasteiger partial charge in [-0.3, -0.25) is 4.79 Å². The van der Waals surface area contributed by atoms with Crippen LogP contribution in [0.4, 0.5) is 5.69 Å². The number of hydrogen-bond donors (Lipinski definition) is 1. The summed E-state index contributed by atoms with van der Waals surface area (Å²) in [6.45, 7) is 3.00. The van der Waals surface area contributed by atoms with Gasteiger partial charge in [-0.05, 0) is 49.2 Å². The highest BCUT2D eigenvalue weighted by atomic mass is 32.1. The zero-order chi connectivity index (χ0) is 18.2. The lowest BCUT2D eigenvalue weighted by atomic mass is 10.2. The van der Waals surface area contributed by atoms with Crippen molar-refractivity contribution < 1.29 is 9.53 Å². The predicted octanol–water partition coefficient (Wildman–Crippen LogP) is 5.22. The number of para-hydroxylation sites is 1. The first-order valence-corrected chi connectivity index (χ1v) is 9.59. The van der Waals surface area contributed by atoms with Crippen LogP contribution in [0.25, 0.3) is 22.4 Å². The standard InChI is InChI=1S/C21H22N2O2S/c1-2-25-21(24)11-6-14-22-17-8-5-7-16(15-17)12-13-20-23-18-9-3-4-10-19(18)26-20/h3-5,7-10,12-13,15,22H,2,6,11,14H2,1H3. The largest absolute Gasteiger partial charge is 0.466 e. The Bertz CT molecular complexity index is 869. The van der Waals surface area contributed by atoms with E-state index in [1.807, 2.05) is 43.3 Å². The molecule has 0 bridgehead atoms. The molecule has 0 atom stereocenters. The number of esters is 1. The van der Waals surface area contributed by atoms with Gasteiger partial charge in [0, 0.05) is 18.7 Å². The maximum absolute atomic E-state index is 11.3. The predicted molar refractivity (Wildman–Crippen MR) is 109 cm³/mol. The molecule has 0 saturated heterocycles. The SMILES string of the molecule is CCOC(=O)CCCNc1cccc(C=Cc2nc3ccccc3s2)c1. The van der Waals surface area contributed by atoms with Crippen molar-refractivity contribution in [3.63, 3.8) is 0 Å². The number of carbonyl (C=O) groups is 1. The Hall–Kier alpha value is -2.66. The molecule has 134 valence electrons. The summed E-state index contributed by atoms with van der Waals surface area (Å²) >= 11 is 1.69. The van der Waals surface area contributed by atoms with Crippen molar-refractivity contribution in [3.05, 3.63) is 59.1 Å². The van der Waals surface area contributed by atoms with Crippen molar-refractivity contribution in [1.82, 2.24) is 4.98 Å². The van der Waals surface area contributed by atoms with Crippen LogP contribution in [0.5, 0.6) is 0 Å². The quantitative estimate of drug-likeness (QED) is 0.438. The van der Waals surface area contributed by atoms with Crippen molar-refractivity contribution in [2.24, 2.45) is 0 Å². The summed E-state index contributed by atoms with van der Waals surface area (Å²) in [4.78, 5) is 15.9. The molecule has 0 spiro atoms. The van der Waals surface area contributed by atoms with Gasteiger partial charge in [-0.15, -0.1) is 11.3 Å². The van der Waals surface area contributed by atoms with Crippen molar-refractivity contribution in [1.29, 1.82) is 0 Å². The van der Waals surface area contributed by atoms with Crippen molar-refractivity contribution in [2.75, 3.05) is 18.5 Å². The molecular formula is C21H22N2O2S. The minimum atomic E-state index is -0.137. The minimum Gasteiger partial charge on any atom is -0.466 e. The number of aromatic nitrogens is 1. The summed E-state index contributed by atoms with van der Waals surface area (Å²) in [5, 5.41) is 4.35. The van der Waals surface area contributed by atoms with Gasteiger partial charge in [-0.1, -0.05) is 30.3 Å². The molecule has 3 rings (SSSR count). The number of fused-ring (bicyclic) bond motifs is 1. The maximum atomic E-state index is 11.3. The Morgan fingerprint density at radius 2 is 2.08 bits per heavy atom. The molecule has 1 N–H and O–H groups in total. The first kappa shape index (κ1) is 18.1. The molecule has 3 aromatic rings. The molecule has 0 saturated carbocycles. The van der Waals surface area contributed by atoms with E-state index < -0.39 is 0 Å².